The Morgan fingerprint density at radius 2 is 1.90 bits per heavy atom. The van der Waals surface area contributed by atoms with Gasteiger partial charge in [0.25, 0.3) is 0 Å². The Kier molecular flexibility index (Phi) is 3.74. The molecule has 0 saturated heterocycles. The summed E-state index contributed by atoms with van der Waals surface area (Å²) in [7, 11) is 0. The number of fused-ring (bicyclic) bond motifs is 1. The number of rotatable bonds is 2. The summed E-state index contributed by atoms with van der Waals surface area (Å²) in [5.41, 5.74) is 0.998. The summed E-state index contributed by atoms with van der Waals surface area (Å²) in [6.45, 7) is 0. The molecule has 2 aromatic carbocycles. The fourth-order valence-electron chi connectivity index (χ4n) is 2.05. The molecule has 3 aromatic rings. The van der Waals surface area contributed by atoms with E-state index in [0.717, 1.165) is 11.5 Å². The van der Waals surface area contributed by atoms with E-state index in [1.807, 2.05) is 30.3 Å². The predicted octanol–water partition coefficient (Wildman–Crippen LogP) is 5.02. The van der Waals surface area contributed by atoms with Crippen molar-refractivity contribution in [3.05, 3.63) is 75.1 Å². The van der Waals surface area contributed by atoms with E-state index in [1.165, 1.54) is 12.1 Å². The number of pyridine rings is 1. The molecular weight excluding hydrogens is 357 g/mol. The van der Waals surface area contributed by atoms with E-state index in [2.05, 4.69) is 20.9 Å². The molecule has 0 spiro atoms. The molecule has 0 radical (unpaired) electrons. The van der Waals surface area contributed by atoms with Gasteiger partial charge in [-0.05, 0) is 46.3 Å². The van der Waals surface area contributed by atoms with Crippen LogP contribution < -0.4 is 0 Å². The molecule has 1 heterocycles. The third-order valence-electron chi connectivity index (χ3n) is 3.07. The van der Waals surface area contributed by atoms with Gasteiger partial charge in [-0.25, -0.2) is 9.37 Å². The van der Waals surface area contributed by atoms with Crippen LogP contribution in [0, 0.1) is 5.82 Å². The van der Waals surface area contributed by atoms with E-state index >= 15 is 0 Å². The van der Waals surface area contributed by atoms with Gasteiger partial charge < -0.3 is 0 Å². The van der Waals surface area contributed by atoms with Gasteiger partial charge in [0, 0.05) is 15.4 Å². The van der Waals surface area contributed by atoms with Crippen molar-refractivity contribution in [2.75, 3.05) is 0 Å². The first-order valence-corrected chi connectivity index (χ1v) is 7.28. The highest BCUT2D eigenvalue weighted by atomic mass is 79.9. The molecule has 0 aliphatic heterocycles. The highest BCUT2D eigenvalue weighted by Crippen LogP contribution is 2.26. The molecular formula is C16H8BrClFNO. The van der Waals surface area contributed by atoms with Crippen molar-refractivity contribution in [3.63, 3.8) is 0 Å². The first kappa shape index (κ1) is 14.2. The maximum atomic E-state index is 13.3. The number of carbonyl (C=O) groups excluding carboxylic acids is 1. The van der Waals surface area contributed by atoms with Gasteiger partial charge in [0.2, 0.25) is 5.78 Å². The third-order valence-corrected chi connectivity index (χ3v) is 4.00. The Morgan fingerprint density at radius 1 is 1.14 bits per heavy atom. The van der Waals surface area contributed by atoms with E-state index < -0.39 is 11.6 Å². The smallest absolute Gasteiger partial charge is 0.214 e. The SMILES string of the molecule is O=C(c1cc(F)ccc1Cl)c1nc2ccccc2cc1Br. The van der Waals surface area contributed by atoms with Gasteiger partial charge in [0.15, 0.2) is 0 Å². The number of halogens is 3. The van der Waals surface area contributed by atoms with Crippen molar-refractivity contribution in [2.45, 2.75) is 0 Å². The molecule has 0 fully saturated rings. The van der Waals surface area contributed by atoms with Crippen LogP contribution in [0.5, 0.6) is 0 Å². The maximum absolute atomic E-state index is 13.3. The summed E-state index contributed by atoms with van der Waals surface area (Å²) in [6.07, 6.45) is 0. The second-order valence-electron chi connectivity index (χ2n) is 4.46. The summed E-state index contributed by atoms with van der Waals surface area (Å²) >= 11 is 9.32. The molecule has 0 saturated carbocycles. The monoisotopic (exact) mass is 363 g/mol. The van der Waals surface area contributed by atoms with Gasteiger partial charge in [-0.1, -0.05) is 29.8 Å². The minimum absolute atomic E-state index is 0.0974. The molecule has 21 heavy (non-hydrogen) atoms. The summed E-state index contributed by atoms with van der Waals surface area (Å²) in [5.74, 6) is -0.934. The Bertz CT molecular complexity index is 866. The molecule has 0 aliphatic carbocycles. The Labute approximate surface area is 133 Å². The van der Waals surface area contributed by atoms with E-state index in [0.29, 0.717) is 9.99 Å². The van der Waals surface area contributed by atoms with Crippen LogP contribution in [0.3, 0.4) is 0 Å². The minimum atomic E-state index is -0.514. The number of hydrogen-bond acceptors (Lipinski definition) is 2. The van der Waals surface area contributed by atoms with Crippen LogP contribution in [0.15, 0.2) is 53.0 Å². The number of para-hydroxylation sites is 1. The number of carbonyl (C=O) groups is 1. The quantitative estimate of drug-likeness (QED) is 0.598. The lowest BCUT2D eigenvalue weighted by atomic mass is 10.1. The van der Waals surface area contributed by atoms with Crippen molar-refractivity contribution in [1.82, 2.24) is 4.98 Å². The fourth-order valence-corrected chi connectivity index (χ4v) is 2.77. The second-order valence-corrected chi connectivity index (χ2v) is 5.73. The molecule has 104 valence electrons. The van der Waals surface area contributed by atoms with Crippen molar-refractivity contribution >= 4 is 44.2 Å². The van der Waals surface area contributed by atoms with Crippen LogP contribution in [0.1, 0.15) is 16.1 Å². The van der Waals surface area contributed by atoms with Gasteiger partial charge in [-0.3, -0.25) is 4.79 Å². The molecule has 0 N–H and O–H groups in total. The second kappa shape index (κ2) is 5.54. The zero-order valence-electron chi connectivity index (χ0n) is 10.6. The van der Waals surface area contributed by atoms with Crippen molar-refractivity contribution in [3.8, 4) is 0 Å². The van der Waals surface area contributed by atoms with Gasteiger partial charge in [-0.2, -0.15) is 0 Å². The average molecular weight is 365 g/mol. The number of aromatic nitrogens is 1. The molecule has 0 aliphatic rings. The van der Waals surface area contributed by atoms with E-state index in [4.69, 9.17) is 11.6 Å². The largest absolute Gasteiger partial charge is 0.287 e. The fraction of sp³-hybridized carbons (Fsp3) is 0. The van der Waals surface area contributed by atoms with Crippen LogP contribution in [-0.4, -0.2) is 10.8 Å². The van der Waals surface area contributed by atoms with Crippen LogP contribution in [0.2, 0.25) is 5.02 Å². The first-order valence-electron chi connectivity index (χ1n) is 6.11. The van der Waals surface area contributed by atoms with Gasteiger partial charge in [0.05, 0.1) is 10.5 Å². The summed E-state index contributed by atoms with van der Waals surface area (Å²) < 4.78 is 13.9. The zero-order valence-corrected chi connectivity index (χ0v) is 13.0. The lowest BCUT2D eigenvalue weighted by Crippen LogP contribution is -2.07. The van der Waals surface area contributed by atoms with Crippen molar-refractivity contribution in [1.29, 1.82) is 0 Å². The Balaban J connectivity index is 2.17. The van der Waals surface area contributed by atoms with Crippen LogP contribution in [-0.2, 0) is 0 Å². The highest BCUT2D eigenvalue weighted by molar-refractivity contribution is 9.10. The molecule has 2 nitrogen and oxygen atoms in total. The normalized spacial score (nSPS) is 10.8. The lowest BCUT2D eigenvalue weighted by Gasteiger charge is -2.07. The average Bonchev–Trinajstić information content (AvgIpc) is 2.48. The molecule has 0 unspecified atom stereocenters. The highest BCUT2D eigenvalue weighted by Gasteiger charge is 2.18. The molecule has 5 heteroatoms. The van der Waals surface area contributed by atoms with Gasteiger partial charge >= 0.3 is 0 Å². The van der Waals surface area contributed by atoms with Crippen LogP contribution in [0.4, 0.5) is 4.39 Å². The van der Waals surface area contributed by atoms with Crippen LogP contribution in [0.25, 0.3) is 10.9 Å². The minimum Gasteiger partial charge on any atom is -0.287 e. The van der Waals surface area contributed by atoms with Crippen molar-refractivity contribution < 1.29 is 9.18 Å². The molecule has 0 bridgehead atoms. The number of hydrogen-bond donors (Lipinski definition) is 0. The lowest BCUT2D eigenvalue weighted by molar-refractivity contribution is 0.103. The first-order chi connectivity index (χ1) is 10.1. The third kappa shape index (κ3) is 2.69. The van der Waals surface area contributed by atoms with Crippen LogP contribution >= 0.6 is 27.5 Å². The summed E-state index contributed by atoms with van der Waals surface area (Å²) in [4.78, 5) is 16.9. The molecule has 3 rings (SSSR count). The van der Waals surface area contributed by atoms with Gasteiger partial charge in [0.1, 0.15) is 11.5 Å². The predicted molar refractivity (Wildman–Crippen MR) is 84.3 cm³/mol. The number of ketones is 1. The Morgan fingerprint density at radius 3 is 2.71 bits per heavy atom. The Hall–Kier alpha value is -1.78. The topological polar surface area (TPSA) is 30.0 Å². The summed E-state index contributed by atoms with van der Waals surface area (Å²) in [5, 5.41) is 1.11. The molecule has 0 atom stereocenters. The molecule has 0 amide bonds. The maximum Gasteiger partial charge on any atom is 0.214 e. The number of nitrogens with zero attached hydrogens (tertiary/aromatic N) is 1. The van der Waals surface area contributed by atoms with Gasteiger partial charge in [-0.15, -0.1) is 0 Å². The zero-order chi connectivity index (χ0) is 15.0. The van der Waals surface area contributed by atoms with E-state index in [1.54, 1.807) is 0 Å². The molecule has 1 aromatic heterocycles. The standard InChI is InChI=1S/C16H8BrClFNO/c17-12-7-9-3-1-2-4-14(9)20-15(12)16(21)11-8-10(19)5-6-13(11)18/h1-8H. The summed E-state index contributed by atoms with van der Waals surface area (Å²) in [6, 6.07) is 12.9. The van der Waals surface area contributed by atoms with E-state index in [9.17, 15) is 9.18 Å². The van der Waals surface area contributed by atoms with E-state index in [-0.39, 0.29) is 16.3 Å². The number of benzene rings is 2. The van der Waals surface area contributed by atoms with Crippen molar-refractivity contribution in [2.24, 2.45) is 0 Å².